The third-order valence-corrected chi connectivity index (χ3v) is 4.06. The molecule has 3 aromatic rings. The molecule has 2 aromatic carbocycles. The summed E-state index contributed by atoms with van der Waals surface area (Å²) in [5.74, 6) is -0.193. The maximum atomic E-state index is 13.1. The Bertz CT molecular complexity index is 758. The van der Waals surface area contributed by atoms with Crippen LogP contribution in [0.3, 0.4) is 0 Å². The van der Waals surface area contributed by atoms with Crippen LogP contribution in [-0.4, -0.2) is 11.5 Å². The average molecular weight is 266 g/mol. The van der Waals surface area contributed by atoms with Gasteiger partial charge >= 0.3 is 0 Å². The molecule has 100 valence electrons. The third kappa shape index (κ3) is 1.74. The number of hydrogen-bond acceptors (Lipinski definition) is 1. The zero-order chi connectivity index (χ0) is 13.5. The summed E-state index contributed by atoms with van der Waals surface area (Å²) in [5.41, 5.74) is 4.87. The van der Waals surface area contributed by atoms with E-state index in [2.05, 4.69) is 28.5 Å². The molecule has 1 aromatic heterocycles. The summed E-state index contributed by atoms with van der Waals surface area (Å²) >= 11 is 0. The average Bonchev–Trinajstić information content (AvgIpc) is 2.87. The first-order valence-electron chi connectivity index (χ1n) is 6.91. The van der Waals surface area contributed by atoms with Crippen molar-refractivity contribution in [2.45, 2.75) is 12.5 Å². The van der Waals surface area contributed by atoms with Crippen LogP contribution in [0.1, 0.15) is 22.9 Å². The molecule has 3 heteroatoms. The van der Waals surface area contributed by atoms with Gasteiger partial charge in [-0.05, 0) is 35.7 Å². The number of H-pyrrole nitrogens is 1. The number of rotatable bonds is 1. The quantitative estimate of drug-likeness (QED) is 0.692. The Labute approximate surface area is 116 Å². The SMILES string of the molecule is Fc1ccc([C@@H]2NCCc3c2[nH]c2ccccc32)cc1. The maximum Gasteiger partial charge on any atom is 0.123 e. The number of aromatic nitrogens is 1. The summed E-state index contributed by atoms with van der Waals surface area (Å²) < 4.78 is 13.1. The molecule has 0 fully saturated rings. The summed E-state index contributed by atoms with van der Waals surface area (Å²) in [4.78, 5) is 3.52. The van der Waals surface area contributed by atoms with E-state index in [0.29, 0.717) is 0 Å². The van der Waals surface area contributed by atoms with Gasteiger partial charge in [0.05, 0.1) is 6.04 Å². The zero-order valence-electron chi connectivity index (χ0n) is 11.0. The van der Waals surface area contributed by atoms with E-state index < -0.39 is 0 Å². The molecule has 0 unspecified atom stereocenters. The lowest BCUT2D eigenvalue weighted by Crippen LogP contribution is -2.30. The fourth-order valence-electron chi connectivity index (χ4n) is 3.12. The maximum absolute atomic E-state index is 13.1. The van der Waals surface area contributed by atoms with Gasteiger partial charge in [-0.15, -0.1) is 0 Å². The van der Waals surface area contributed by atoms with E-state index in [0.717, 1.165) is 18.5 Å². The topological polar surface area (TPSA) is 27.8 Å². The smallest absolute Gasteiger partial charge is 0.123 e. The Morgan fingerprint density at radius 3 is 2.65 bits per heavy atom. The minimum atomic E-state index is -0.193. The molecule has 0 bridgehead atoms. The van der Waals surface area contributed by atoms with Gasteiger partial charge in [0.15, 0.2) is 0 Å². The first-order valence-corrected chi connectivity index (χ1v) is 6.91. The fraction of sp³-hybridized carbons (Fsp3) is 0.176. The van der Waals surface area contributed by atoms with Crippen LogP contribution in [0.2, 0.25) is 0 Å². The van der Waals surface area contributed by atoms with Crippen LogP contribution in [0, 0.1) is 5.82 Å². The van der Waals surface area contributed by atoms with Crippen molar-refractivity contribution in [3.63, 3.8) is 0 Å². The zero-order valence-corrected chi connectivity index (χ0v) is 11.0. The van der Waals surface area contributed by atoms with Crippen molar-refractivity contribution in [1.82, 2.24) is 10.3 Å². The van der Waals surface area contributed by atoms with E-state index in [9.17, 15) is 4.39 Å². The Hall–Kier alpha value is -2.13. The second-order valence-electron chi connectivity index (χ2n) is 5.25. The van der Waals surface area contributed by atoms with Crippen molar-refractivity contribution in [3.8, 4) is 0 Å². The first-order chi connectivity index (χ1) is 9.83. The van der Waals surface area contributed by atoms with Crippen LogP contribution in [0.4, 0.5) is 4.39 Å². The molecular formula is C17H15FN2. The van der Waals surface area contributed by atoms with Crippen LogP contribution >= 0.6 is 0 Å². The van der Waals surface area contributed by atoms with Gasteiger partial charge < -0.3 is 10.3 Å². The van der Waals surface area contributed by atoms with Crippen molar-refractivity contribution in [1.29, 1.82) is 0 Å². The van der Waals surface area contributed by atoms with E-state index in [-0.39, 0.29) is 11.9 Å². The van der Waals surface area contributed by atoms with E-state index in [4.69, 9.17) is 0 Å². The Balaban J connectivity index is 1.87. The van der Waals surface area contributed by atoms with Crippen LogP contribution in [0.5, 0.6) is 0 Å². The van der Waals surface area contributed by atoms with Crippen LogP contribution in [0.25, 0.3) is 10.9 Å². The molecule has 1 aliphatic heterocycles. The van der Waals surface area contributed by atoms with Crippen molar-refractivity contribution in [2.24, 2.45) is 0 Å². The third-order valence-electron chi connectivity index (χ3n) is 4.06. The lowest BCUT2D eigenvalue weighted by Gasteiger charge is -2.24. The monoisotopic (exact) mass is 266 g/mol. The molecule has 1 atom stereocenters. The molecule has 0 amide bonds. The van der Waals surface area contributed by atoms with Gasteiger partial charge in [0.1, 0.15) is 5.82 Å². The Morgan fingerprint density at radius 2 is 1.80 bits per heavy atom. The molecular weight excluding hydrogens is 251 g/mol. The van der Waals surface area contributed by atoms with Crippen molar-refractivity contribution >= 4 is 10.9 Å². The molecule has 2 heterocycles. The van der Waals surface area contributed by atoms with Crippen LogP contribution < -0.4 is 5.32 Å². The second kappa shape index (κ2) is 4.46. The number of aromatic amines is 1. The molecule has 2 nitrogen and oxygen atoms in total. The van der Waals surface area contributed by atoms with Crippen molar-refractivity contribution in [2.75, 3.05) is 6.54 Å². The molecule has 1 aliphatic rings. The fourth-order valence-corrected chi connectivity index (χ4v) is 3.12. The lowest BCUT2D eigenvalue weighted by molar-refractivity contribution is 0.558. The molecule has 0 saturated carbocycles. The summed E-state index contributed by atoms with van der Waals surface area (Å²) in [7, 11) is 0. The molecule has 20 heavy (non-hydrogen) atoms. The Kier molecular flexibility index (Phi) is 2.60. The van der Waals surface area contributed by atoms with Gasteiger partial charge in [0.25, 0.3) is 0 Å². The van der Waals surface area contributed by atoms with Crippen LogP contribution in [-0.2, 0) is 6.42 Å². The largest absolute Gasteiger partial charge is 0.357 e. The number of nitrogens with one attached hydrogen (secondary N) is 2. The summed E-state index contributed by atoms with van der Waals surface area (Å²) in [5, 5.41) is 4.82. The van der Waals surface area contributed by atoms with Gasteiger partial charge in [-0.2, -0.15) is 0 Å². The molecule has 2 N–H and O–H groups in total. The minimum Gasteiger partial charge on any atom is -0.357 e. The number of hydrogen-bond donors (Lipinski definition) is 2. The van der Waals surface area contributed by atoms with Gasteiger partial charge in [0.2, 0.25) is 0 Å². The van der Waals surface area contributed by atoms with E-state index >= 15 is 0 Å². The Morgan fingerprint density at radius 1 is 1.00 bits per heavy atom. The number of halogens is 1. The van der Waals surface area contributed by atoms with Gasteiger partial charge in [0, 0.05) is 23.1 Å². The summed E-state index contributed by atoms with van der Waals surface area (Å²) in [6, 6.07) is 15.3. The number of benzene rings is 2. The number of fused-ring (bicyclic) bond motifs is 3. The highest BCUT2D eigenvalue weighted by Gasteiger charge is 2.24. The predicted octanol–water partition coefficient (Wildman–Crippen LogP) is 3.54. The molecule has 0 radical (unpaired) electrons. The van der Waals surface area contributed by atoms with E-state index in [1.165, 1.54) is 34.3 Å². The highest BCUT2D eigenvalue weighted by atomic mass is 19.1. The van der Waals surface area contributed by atoms with Gasteiger partial charge in [-0.25, -0.2) is 4.39 Å². The highest BCUT2D eigenvalue weighted by Crippen LogP contribution is 2.33. The van der Waals surface area contributed by atoms with Crippen molar-refractivity contribution < 1.29 is 4.39 Å². The first kappa shape index (κ1) is 11.7. The van der Waals surface area contributed by atoms with Crippen molar-refractivity contribution in [3.05, 3.63) is 71.2 Å². The highest BCUT2D eigenvalue weighted by molar-refractivity contribution is 5.85. The predicted molar refractivity (Wildman–Crippen MR) is 78.2 cm³/mol. The van der Waals surface area contributed by atoms with Crippen LogP contribution in [0.15, 0.2) is 48.5 Å². The lowest BCUT2D eigenvalue weighted by atomic mass is 9.94. The second-order valence-corrected chi connectivity index (χ2v) is 5.25. The normalized spacial score (nSPS) is 18.1. The standard InChI is InChI=1S/C17H15FN2/c18-12-7-5-11(6-8-12)16-17-14(9-10-19-16)13-3-1-2-4-15(13)20-17/h1-8,16,19-20H,9-10H2/t16-/m0/s1. The number of para-hydroxylation sites is 1. The van der Waals surface area contributed by atoms with E-state index in [1.807, 2.05) is 18.2 Å². The van der Waals surface area contributed by atoms with E-state index in [1.54, 1.807) is 0 Å². The molecule has 0 spiro atoms. The molecule has 0 saturated heterocycles. The summed E-state index contributed by atoms with van der Waals surface area (Å²) in [6.45, 7) is 0.941. The minimum absolute atomic E-state index is 0.117. The summed E-state index contributed by atoms with van der Waals surface area (Å²) in [6.07, 6.45) is 1.02. The molecule has 4 rings (SSSR count). The van der Waals surface area contributed by atoms with Gasteiger partial charge in [-0.3, -0.25) is 0 Å². The van der Waals surface area contributed by atoms with Gasteiger partial charge in [-0.1, -0.05) is 30.3 Å². The molecule has 0 aliphatic carbocycles.